The van der Waals surface area contributed by atoms with Crippen molar-refractivity contribution in [3.63, 3.8) is 0 Å². The first-order chi connectivity index (χ1) is 9.71. The summed E-state index contributed by atoms with van der Waals surface area (Å²) in [5.74, 6) is -1.30. The molecule has 0 saturated carbocycles. The fraction of sp³-hybridized carbons (Fsp3) is 0.214. The lowest BCUT2D eigenvalue weighted by Crippen LogP contribution is -2.16. The number of aromatic hydroxyl groups is 1. The average molecular weight is 309 g/mol. The molecule has 0 aliphatic rings. The van der Waals surface area contributed by atoms with E-state index in [1.165, 1.54) is 6.07 Å². The van der Waals surface area contributed by atoms with E-state index in [0.717, 1.165) is 6.07 Å². The summed E-state index contributed by atoms with van der Waals surface area (Å²) in [7, 11) is -4.14. The lowest BCUT2D eigenvalue weighted by molar-refractivity contribution is -0.137. The van der Waals surface area contributed by atoms with Gasteiger partial charge in [0.1, 0.15) is 16.4 Å². The molecule has 0 heterocycles. The van der Waals surface area contributed by atoms with E-state index in [2.05, 4.69) is 0 Å². The van der Waals surface area contributed by atoms with Gasteiger partial charge in [0.05, 0.1) is 5.92 Å². The molecule has 0 amide bonds. The number of carbonyl (C=O) groups is 1. The van der Waals surface area contributed by atoms with Crippen LogP contribution in [0.15, 0.2) is 35.2 Å². The number of rotatable bonds is 3. The SMILES string of the molecule is CC(C)C(=O)Oc1cc(S(N)(=O)=O)c(O)c2ccccc12. The summed E-state index contributed by atoms with van der Waals surface area (Å²) in [6.07, 6.45) is 0. The first kappa shape index (κ1) is 15.3. The predicted octanol–water partition coefficient (Wildman–Crippen LogP) is 1.75. The van der Waals surface area contributed by atoms with Crippen LogP contribution in [0.25, 0.3) is 10.8 Å². The minimum absolute atomic E-state index is 0.0473. The Labute approximate surface area is 122 Å². The second-order valence-corrected chi connectivity index (χ2v) is 6.42. The average Bonchev–Trinajstić information content (AvgIpc) is 2.40. The molecule has 0 spiro atoms. The predicted molar refractivity (Wildman–Crippen MR) is 77.5 cm³/mol. The van der Waals surface area contributed by atoms with Crippen molar-refractivity contribution in [2.75, 3.05) is 0 Å². The van der Waals surface area contributed by atoms with Crippen LogP contribution in [0.1, 0.15) is 13.8 Å². The standard InChI is InChI=1S/C14H15NO5S/c1-8(2)14(17)20-11-7-12(21(15,18)19)13(16)10-6-4-3-5-9(10)11/h3-8,16H,1-2H3,(H2,15,18,19). The van der Waals surface area contributed by atoms with Crippen LogP contribution in [-0.2, 0) is 14.8 Å². The highest BCUT2D eigenvalue weighted by Gasteiger charge is 2.21. The van der Waals surface area contributed by atoms with Crippen molar-refractivity contribution >= 4 is 26.8 Å². The monoisotopic (exact) mass is 309 g/mol. The molecular formula is C14H15NO5S. The topological polar surface area (TPSA) is 107 Å². The van der Waals surface area contributed by atoms with E-state index in [-0.39, 0.29) is 17.1 Å². The van der Waals surface area contributed by atoms with Gasteiger partial charge in [-0.05, 0) is 0 Å². The second-order valence-electron chi connectivity index (χ2n) is 4.89. The molecule has 0 fully saturated rings. The molecule has 21 heavy (non-hydrogen) atoms. The first-order valence-corrected chi connectivity index (χ1v) is 7.75. The number of phenols is 1. The molecule has 0 unspecified atom stereocenters. The molecule has 2 aromatic rings. The minimum Gasteiger partial charge on any atom is -0.506 e. The Kier molecular flexibility index (Phi) is 3.89. The highest BCUT2D eigenvalue weighted by molar-refractivity contribution is 7.89. The third kappa shape index (κ3) is 2.98. The van der Waals surface area contributed by atoms with Gasteiger partial charge in [-0.1, -0.05) is 38.1 Å². The van der Waals surface area contributed by atoms with Gasteiger partial charge >= 0.3 is 5.97 Å². The highest BCUT2D eigenvalue weighted by atomic mass is 32.2. The summed E-state index contributed by atoms with van der Waals surface area (Å²) < 4.78 is 28.3. The van der Waals surface area contributed by atoms with Gasteiger partial charge in [0.2, 0.25) is 10.0 Å². The maximum atomic E-state index is 11.7. The van der Waals surface area contributed by atoms with Crippen LogP contribution >= 0.6 is 0 Å². The number of sulfonamides is 1. The van der Waals surface area contributed by atoms with Crippen LogP contribution < -0.4 is 9.88 Å². The van der Waals surface area contributed by atoms with Crippen molar-refractivity contribution in [2.24, 2.45) is 11.1 Å². The molecule has 6 nitrogen and oxygen atoms in total. The smallest absolute Gasteiger partial charge is 0.313 e. The number of primary sulfonamides is 1. The van der Waals surface area contributed by atoms with Gasteiger partial charge in [-0.25, -0.2) is 13.6 Å². The summed E-state index contributed by atoms with van der Waals surface area (Å²) in [5, 5.41) is 15.8. The van der Waals surface area contributed by atoms with Gasteiger partial charge in [-0.2, -0.15) is 0 Å². The van der Waals surface area contributed by atoms with Crippen molar-refractivity contribution in [1.82, 2.24) is 0 Å². The van der Waals surface area contributed by atoms with Crippen LogP contribution in [0.5, 0.6) is 11.5 Å². The summed E-state index contributed by atoms with van der Waals surface area (Å²) >= 11 is 0. The van der Waals surface area contributed by atoms with E-state index >= 15 is 0 Å². The normalized spacial score (nSPS) is 11.8. The van der Waals surface area contributed by atoms with Crippen LogP contribution in [0, 0.1) is 5.92 Å². The molecule has 7 heteroatoms. The lowest BCUT2D eigenvalue weighted by atomic mass is 10.1. The number of ether oxygens (including phenoxy) is 1. The number of phenolic OH excluding ortho intramolecular Hbond substituents is 1. The quantitative estimate of drug-likeness (QED) is 0.663. The Morgan fingerprint density at radius 1 is 1.24 bits per heavy atom. The first-order valence-electron chi connectivity index (χ1n) is 6.21. The Bertz CT molecular complexity index is 811. The second kappa shape index (κ2) is 5.34. The zero-order valence-corrected chi connectivity index (χ0v) is 12.3. The summed E-state index contributed by atoms with van der Waals surface area (Å²) in [6, 6.07) is 7.51. The van der Waals surface area contributed by atoms with E-state index in [9.17, 15) is 18.3 Å². The number of fused-ring (bicyclic) bond motifs is 1. The number of benzene rings is 2. The van der Waals surface area contributed by atoms with Crippen molar-refractivity contribution in [2.45, 2.75) is 18.7 Å². The summed E-state index contributed by atoms with van der Waals surface area (Å²) in [4.78, 5) is 11.3. The molecule has 0 bridgehead atoms. The van der Waals surface area contributed by atoms with Crippen LogP contribution in [0.3, 0.4) is 0 Å². The third-order valence-electron chi connectivity index (χ3n) is 2.93. The molecule has 0 aliphatic heterocycles. The summed E-state index contributed by atoms with van der Waals surface area (Å²) in [5.41, 5.74) is 0. The van der Waals surface area contributed by atoms with E-state index in [1.54, 1.807) is 32.0 Å². The maximum absolute atomic E-state index is 11.7. The number of carbonyl (C=O) groups excluding carboxylic acids is 1. The van der Waals surface area contributed by atoms with E-state index in [1.807, 2.05) is 0 Å². The minimum atomic E-state index is -4.14. The van der Waals surface area contributed by atoms with Gasteiger partial charge < -0.3 is 9.84 Å². The van der Waals surface area contributed by atoms with E-state index in [4.69, 9.17) is 9.88 Å². The van der Waals surface area contributed by atoms with E-state index < -0.39 is 26.6 Å². The summed E-state index contributed by atoms with van der Waals surface area (Å²) in [6.45, 7) is 3.32. The van der Waals surface area contributed by atoms with Gasteiger partial charge in [0, 0.05) is 16.8 Å². The number of hydrogen-bond donors (Lipinski definition) is 2. The van der Waals surface area contributed by atoms with Crippen molar-refractivity contribution in [1.29, 1.82) is 0 Å². The number of hydrogen-bond acceptors (Lipinski definition) is 5. The molecule has 0 radical (unpaired) electrons. The molecule has 112 valence electrons. The number of nitrogens with two attached hydrogens (primary N) is 1. The third-order valence-corrected chi connectivity index (χ3v) is 3.86. The van der Waals surface area contributed by atoms with Gasteiger partial charge in [-0.3, -0.25) is 4.79 Å². The largest absolute Gasteiger partial charge is 0.506 e. The van der Waals surface area contributed by atoms with Crippen molar-refractivity contribution in [3.05, 3.63) is 30.3 Å². The number of esters is 1. The molecule has 0 saturated heterocycles. The molecule has 2 rings (SSSR count). The van der Waals surface area contributed by atoms with E-state index in [0.29, 0.717) is 5.39 Å². The Balaban J connectivity index is 2.75. The van der Waals surface area contributed by atoms with Crippen molar-refractivity contribution in [3.8, 4) is 11.5 Å². The lowest BCUT2D eigenvalue weighted by Gasteiger charge is -2.13. The van der Waals surface area contributed by atoms with Crippen LogP contribution in [0.2, 0.25) is 0 Å². The van der Waals surface area contributed by atoms with Crippen LogP contribution in [0.4, 0.5) is 0 Å². The van der Waals surface area contributed by atoms with Gasteiger partial charge in [0.25, 0.3) is 0 Å². The fourth-order valence-electron chi connectivity index (χ4n) is 1.83. The zero-order valence-electron chi connectivity index (χ0n) is 11.5. The molecule has 2 aromatic carbocycles. The van der Waals surface area contributed by atoms with Crippen LogP contribution in [-0.4, -0.2) is 19.5 Å². The molecule has 3 N–H and O–H groups in total. The van der Waals surface area contributed by atoms with Gasteiger partial charge in [-0.15, -0.1) is 0 Å². The van der Waals surface area contributed by atoms with Gasteiger partial charge in [0.15, 0.2) is 0 Å². The maximum Gasteiger partial charge on any atom is 0.313 e. The Hall–Kier alpha value is -2.12. The zero-order chi connectivity index (χ0) is 15.8. The molecule has 0 aromatic heterocycles. The Morgan fingerprint density at radius 3 is 2.33 bits per heavy atom. The highest BCUT2D eigenvalue weighted by Crippen LogP contribution is 2.38. The molecule has 0 atom stereocenters. The molecular weight excluding hydrogens is 294 g/mol. The fourth-order valence-corrected chi connectivity index (χ4v) is 2.48. The Morgan fingerprint density at radius 2 is 1.81 bits per heavy atom. The molecule has 0 aliphatic carbocycles. The van der Waals surface area contributed by atoms with Crippen molar-refractivity contribution < 1.29 is 23.1 Å².